The summed E-state index contributed by atoms with van der Waals surface area (Å²) in [6.07, 6.45) is 0.293. The normalized spacial score (nSPS) is 16.6. The summed E-state index contributed by atoms with van der Waals surface area (Å²) in [5.41, 5.74) is 2.70. The molecule has 2 aliphatic heterocycles. The molecule has 0 aromatic heterocycles. The number of carbonyl (C=O) groups is 2. The summed E-state index contributed by atoms with van der Waals surface area (Å²) >= 11 is 1.64. The number of fused-ring (bicyclic) bond motifs is 2. The number of anilines is 1. The number of ether oxygens (including phenoxy) is 3. The second-order valence-electron chi connectivity index (χ2n) is 8.00. The van der Waals surface area contributed by atoms with Crippen molar-refractivity contribution in [1.29, 1.82) is 0 Å². The first-order valence-electron chi connectivity index (χ1n) is 11.0. The SMILES string of the molecule is COc1ccc([C@H]2CC(=O)N(CC(=O)NCc3ccc4c(c3)OCO4)c3ccccc3S2)cc1. The lowest BCUT2D eigenvalue weighted by Gasteiger charge is -2.22. The predicted octanol–water partition coefficient (Wildman–Crippen LogP) is 4.31. The molecule has 0 fully saturated rings. The van der Waals surface area contributed by atoms with E-state index in [0.717, 1.165) is 27.5 Å². The molecule has 0 unspecified atom stereocenters. The molecule has 2 aliphatic rings. The molecule has 5 rings (SSSR count). The predicted molar refractivity (Wildman–Crippen MR) is 129 cm³/mol. The van der Waals surface area contributed by atoms with Crippen LogP contribution in [0.4, 0.5) is 5.69 Å². The number of carbonyl (C=O) groups excluding carboxylic acids is 2. The highest BCUT2D eigenvalue weighted by atomic mass is 32.2. The minimum Gasteiger partial charge on any atom is -0.497 e. The van der Waals surface area contributed by atoms with Gasteiger partial charge in [0.1, 0.15) is 12.3 Å². The van der Waals surface area contributed by atoms with E-state index >= 15 is 0 Å². The number of rotatable bonds is 6. The van der Waals surface area contributed by atoms with Gasteiger partial charge in [-0.25, -0.2) is 0 Å². The second-order valence-corrected chi connectivity index (χ2v) is 9.24. The molecule has 174 valence electrons. The molecule has 0 spiro atoms. The number of para-hydroxylation sites is 1. The van der Waals surface area contributed by atoms with Crippen LogP contribution >= 0.6 is 11.8 Å². The zero-order valence-electron chi connectivity index (χ0n) is 18.7. The Morgan fingerprint density at radius 2 is 1.88 bits per heavy atom. The van der Waals surface area contributed by atoms with Crippen LogP contribution in [0, 0.1) is 0 Å². The van der Waals surface area contributed by atoms with E-state index in [0.29, 0.717) is 24.5 Å². The maximum Gasteiger partial charge on any atom is 0.240 e. The molecule has 2 amide bonds. The number of benzene rings is 3. The van der Waals surface area contributed by atoms with Gasteiger partial charge in [-0.05, 0) is 47.5 Å². The molecule has 0 aliphatic carbocycles. The lowest BCUT2D eigenvalue weighted by atomic mass is 10.1. The molecule has 2 heterocycles. The van der Waals surface area contributed by atoms with Crippen molar-refractivity contribution in [3.8, 4) is 17.2 Å². The highest BCUT2D eigenvalue weighted by Crippen LogP contribution is 2.45. The fourth-order valence-corrected chi connectivity index (χ4v) is 5.29. The molecular formula is C26H24N2O5S. The van der Waals surface area contributed by atoms with E-state index in [4.69, 9.17) is 14.2 Å². The first kappa shape index (κ1) is 22.2. The van der Waals surface area contributed by atoms with Crippen molar-refractivity contribution in [3.63, 3.8) is 0 Å². The Balaban J connectivity index is 1.30. The summed E-state index contributed by atoms with van der Waals surface area (Å²) in [7, 11) is 1.63. The van der Waals surface area contributed by atoms with Gasteiger partial charge < -0.3 is 24.4 Å². The Bertz CT molecular complexity index is 1210. The summed E-state index contributed by atoms with van der Waals surface area (Å²) in [6, 6.07) is 21.1. The van der Waals surface area contributed by atoms with Gasteiger partial charge in [0.15, 0.2) is 11.5 Å². The third-order valence-electron chi connectivity index (χ3n) is 5.80. The summed E-state index contributed by atoms with van der Waals surface area (Å²) in [5, 5.41) is 2.86. The van der Waals surface area contributed by atoms with E-state index in [-0.39, 0.29) is 30.4 Å². The Labute approximate surface area is 202 Å². The fourth-order valence-electron chi connectivity index (χ4n) is 4.01. The number of nitrogens with one attached hydrogen (secondary N) is 1. The van der Waals surface area contributed by atoms with Gasteiger partial charge in [-0.15, -0.1) is 11.8 Å². The van der Waals surface area contributed by atoms with Crippen LogP contribution in [-0.4, -0.2) is 32.3 Å². The molecule has 3 aromatic rings. The molecule has 8 heteroatoms. The quantitative estimate of drug-likeness (QED) is 0.571. The van der Waals surface area contributed by atoms with Gasteiger partial charge in [0.05, 0.1) is 12.8 Å². The van der Waals surface area contributed by atoms with Gasteiger partial charge in [-0.3, -0.25) is 9.59 Å². The smallest absolute Gasteiger partial charge is 0.240 e. The van der Waals surface area contributed by atoms with Crippen LogP contribution in [0.5, 0.6) is 17.2 Å². The monoisotopic (exact) mass is 476 g/mol. The number of methoxy groups -OCH3 is 1. The Hall–Kier alpha value is -3.65. The standard InChI is InChI=1S/C26H24N2O5S/c1-31-19-9-7-18(8-10-19)24-13-26(30)28(20-4-2-3-5-23(20)34-24)15-25(29)27-14-17-6-11-21-22(12-17)33-16-32-21/h2-12,24H,13-16H2,1H3,(H,27,29)/t24-/m1/s1. The van der Waals surface area contributed by atoms with Crippen LogP contribution in [-0.2, 0) is 16.1 Å². The summed E-state index contributed by atoms with van der Waals surface area (Å²) in [6.45, 7) is 0.496. The number of hydrogen-bond donors (Lipinski definition) is 1. The fraction of sp³-hybridized carbons (Fsp3) is 0.231. The van der Waals surface area contributed by atoms with Crippen LogP contribution < -0.4 is 24.4 Å². The van der Waals surface area contributed by atoms with E-state index in [1.165, 1.54) is 0 Å². The van der Waals surface area contributed by atoms with Gasteiger partial charge in [-0.2, -0.15) is 0 Å². The maximum atomic E-state index is 13.3. The van der Waals surface area contributed by atoms with Crippen molar-refractivity contribution in [2.75, 3.05) is 25.3 Å². The average molecular weight is 477 g/mol. The van der Waals surface area contributed by atoms with E-state index in [9.17, 15) is 9.59 Å². The van der Waals surface area contributed by atoms with Crippen molar-refractivity contribution in [2.24, 2.45) is 0 Å². The second kappa shape index (κ2) is 9.69. The highest BCUT2D eigenvalue weighted by molar-refractivity contribution is 7.99. The van der Waals surface area contributed by atoms with Gasteiger partial charge in [0.25, 0.3) is 0 Å². The number of amides is 2. The zero-order valence-corrected chi connectivity index (χ0v) is 19.5. The van der Waals surface area contributed by atoms with Gasteiger partial charge in [0.2, 0.25) is 18.6 Å². The summed E-state index contributed by atoms with van der Waals surface area (Å²) in [5.74, 6) is 1.83. The van der Waals surface area contributed by atoms with Crippen molar-refractivity contribution in [1.82, 2.24) is 5.32 Å². The topological polar surface area (TPSA) is 77.1 Å². The van der Waals surface area contributed by atoms with Crippen molar-refractivity contribution < 1.29 is 23.8 Å². The molecule has 7 nitrogen and oxygen atoms in total. The molecular weight excluding hydrogens is 452 g/mol. The van der Waals surface area contributed by atoms with Gasteiger partial charge in [0, 0.05) is 23.1 Å². The maximum absolute atomic E-state index is 13.3. The number of hydrogen-bond acceptors (Lipinski definition) is 6. The Kier molecular flexibility index (Phi) is 6.31. The summed E-state index contributed by atoms with van der Waals surface area (Å²) in [4.78, 5) is 28.7. The lowest BCUT2D eigenvalue weighted by molar-refractivity contribution is -0.124. The molecule has 0 saturated carbocycles. The minimum absolute atomic E-state index is 0.0453. The molecule has 0 saturated heterocycles. The Morgan fingerprint density at radius 3 is 2.71 bits per heavy atom. The van der Waals surface area contributed by atoms with Crippen molar-refractivity contribution in [3.05, 3.63) is 77.9 Å². The van der Waals surface area contributed by atoms with E-state index in [1.54, 1.807) is 23.8 Å². The van der Waals surface area contributed by atoms with E-state index in [1.807, 2.05) is 66.7 Å². The molecule has 1 N–H and O–H groups in total. The van der Waals surface area contributed by atoms with Crippen molar-refractivity contribution >= 4 is 29.3 Å². The largest absolute Gasteiger partial charge is 0.497 e. The molecule has 0 radical (unpaired) electrons. The average Bonchev–Trinajstić information content (AvgIpc) is 3.29. The Morgan fingerprint density at radius 1 is 1.09 bits per heavy atom. The third kappa shape index (κ3) is 4.68. The van der Waals surface area contributed by atoms with E-state index < -0.39 is 0 Å². The van der Waals surface area contributed by atoms with Crippen molar-refractivity contribution in [2.45, 2.75) is 23.1 Å². The van der Waals surface area contributed by atoms with Crippen LogP contribution in [0.3, 0.4) is 0 Å². The van der Waals surface area contributed by atoms with E-state index in [2.05, 4.69) is 5.32 Å². The zero-order chi connectivity index (χ0) is 23.5. The van der Waals surface area contributed by atoms with Gasteiger partial charge >= 0.3 is 0 Å². The van der Waals surface area contributed by atoms with Crippen LogP contribution in [0.1, 0.15) is 22.8 Å². The van der Waals surface area contributed by atoms with Gasteiger partial charge in [-0.1, -0.05) is 30.3 Å². The highest BCUT2D eigenvalue weighted by Gasteiger charge is 2.30. The first-order valence-corrected chi connectivity index (χ1v) is 11.8. The van der Waals surface area contributed by atoms with Crippen LogP contribution in [0.25, 0.3) is 0 Å². The number of thioether (sulfide) groups is 1. The minimum atomic E-state index is -0.228. The third-order valence-corrected chi connectivity index (χ3v) is 7.12. The first-order chi connectivity index (χ1) is 16.6. The lowest BCUT2D eigenvalue weighted by Crippen LogP contribution is -2.40. The molecule has 34 heavy (non-hydrogen) atoms. The summed E-state index contributed by atoms with van der Waals surface area (Å²) < 4.78 is 16.0. The van der Waals surface area contributed by atoms with Crippen LogP contribution in [0.2, 0.25) is 0 Å². The molecule has 3 aromatic carbocycles. The molecule has 1 atom stereocenters. The van der Waals surface area contributed by atoms with Crippen LogP contribution in [0.15, 0.2) is 71.6 Å². The molecule has 0 bridgehead atoms. The number of nitrogens with zero attached hydrogens (tertiary/aromatic N) is 1.